The Labute approximate surface area is 199 Å². The second-order valence-electron chi connectivity index (χ2n) is 7.98. The van der Waals surface area contributed by atoms with Gasteiger partial charge in [0.25, 0.3) is 0 Å². The molecule has 3 heteroatoms. The van der Waals surface area contributed by atoms with Crippen LogP contribution in [0.15, 0.2) is 109 Å². The van der Waals surface area contributed by atoms with Crippen molar-refractivity contribution in [3.63, 3.8) is 0 Å². The van der Waals surface area contributed by atoms with Crippen LogP contribution in [0.4, 0.5) is 0 Å². The zero-order valence-corrected chi connectivity index (χ0v) is 19.1. The van der Waals surface area contributed by atoms with Crippen LogP contribution in [0.3, 0.4) is 0 Å². The number of rotatable bonds is 8. The van der Waals surface area contributed by atoms with E-state index >= 15 is 0 Å². The Morgan fingerprint density at radius 1 is 0.500 bits per heavy atom. The highest BCUT2D eigenvalue weighted by molar-refractivity contribution is 6.30. The summed E-state index contributed by atoms with van der Waals surface area (Å²) >= 11 is 12.2. The summed E-state index contributed by atoms with van der Waals surface area (Å²) < 4.78 is 0. The van der Waals surface area contributed by atoms with E-state index in [0.717, 1.165) is 22.3 Å². The van der Waals surface area contributed by atoms with E-state index in [4.69, 9.17) is 23.2 Å². The van der Waals surface area contributed by atoms with Crippen LogP contribution in [-0.2, 0) is 4.79 Å². The van der Waals surface area contributed by atoms with Crippen LogP contribution in [0.25, 0.3) is 0 Å². The lowest BCUT2D eigenvalue weighted by atomic mass is 9.82. The molecule has 0 fully saturated rings. The number of ketones is 1. The molecule has 0 saturated carbocycles. The Morgan fingerprint density at radius 3 is 1.16 bits per heavy atom. The van der Waals surface area contributed by atoms with Gasteiger partial charge in [0.1, 0.15) is 5.78 Å². The topological polar surface area (TPSA) is 17.1 Å². The SMILES string of the molecule is O=C(CC(c1ccccc1)c1ccc(Cl)cc1)CC(c1ccccc1)c1ccc(Cl)cc1. The number of carbonyl (C=O) groups is 1. The Balaban J connectivity index is 1.61. The number of carbonyl (C=O) groups excluding carboxylic acids is 1. The highest BCUT2D eigenvalue weighted by atomic mass is 35.5. The molecule has 0 amide bonds. The van der Waals surface area contributed by atoms with E-state index < -0.39 is 0 Å². The molecule has 32 heavy (non-hydrogen) atoms. The standard InChI is InChI=1S/C29H24Cl2O/c30-25-15-11-23(12-16-25)28(21-7-3-1-4-8-21)19-27(32)20-29(22-9-5-2-6-10-22)24-13-17-26(31)18-14-24/h1-18,28-29H,19-20H2. The van der Waals surface area contributed by atoms with Crippen LogP contribution >= 0.6 is 23.2 Å². The highest BCUT2D eigenvalue weighted by Crippen LogP contribution is 2.34. The smallest absolute Gasteiger partial charge is 0.134 e. The van der Waals surface area contributed by atoms with Gasteiger partial charge in [0.15, 0.2) is 0 Å². The summed E-state index contributed by atoms with van der Waals surface area (Å²) in [5.74, 6) is 0.197. The van der Waals surface area contributed by atoms with E-state index in [9.17, 15) is 4.79 Å². The first-order chi connectivity index (χ1) is 15.6. The summed E-state index contributed by atoms with van der Waals surface area (Å²) in [5, 5.41) is 1.39. The average molecular weight is 459 g/mol. The largest absolute Gasteiger partial charge is 0.300 e. The predicted octanol–water partition coefficient (Wildman–Crippen LogP) is 8.31. The quantitative estimate of drug-likeness (QED) is 0.259. The van der Waals surface area contributed by atoms with E-state index in [1.807, 2.05) is 84.9 Å². The normalized spacial score (nSPS) is 12.8. The molecular formula is C29H24Cl2O. The van der Waals surface area contributed by atoms with Crippen molar-refractivity contribution in [2.24, 2.45) is 0 Å². The third kappa shape index (κ3) is 5.68. The van der Waals surface area contributed by atoms with Gasteiger partial charge >= 0.3 is 0 Å². The summed E-state index contributed by atoms with van der Waals surface area (Å²) in [7, 11) is 0. The second-order valence-corrected chi connectivity index (χ2v) is 8.85. The van der Waals surface area contributed by atoms with Gasteiger partial charge in [-0.25, -0.2) is 0 Å². The van der Waals surface area contributed by atoms with Crippen molar-refractivity contribution in [3.8, 4) is 0 Å². The summed E-state index contributed by atoms with van der Waals surface area (Å²) in [6, 6.07) is 36.0. The minimum atomic E-state index is -0.0115. The summed E-state index contributed by atoms with van der Waals surface area (Å²) in [4.78, 5) is 13.4. The van der Waals surface area contributed by atoms with Crippen LogP contribution in [0, 0.1) is 0 Å². The second kappa shape index (κ2) is 10.6. The lowest BCUT2D eigenvalue weighted by Crippen LogP contribution is -2.13. The van der Waals surface area contributed by atoms with Gasteiger partial charge in [-0.15, -0.1) is 0 Å². The van der Waals surface area contributed by atoms with Gasteiger partial charge in [-0.1, -0.05) is 108 Å². The Hall–Kier alpha value is -2.87. The summed E-state index contributed by atoms with van der Waals surface area (Å²) in [5.41, 5.74) is 4.45. The van der Waals surface area contributed by atoms with Crippen LogP contribution in [-0.4, -0.2) is 5.78 Å². The lowest BCUT2D eigenvalue weighted by molar-refractivity contribution is -0.119. The Bertz CT molecular complexity index is 1040. The molecule has 2 atom stereocenters. The molecular weight excluding hydrogens is 435 g/mol. The van der Waals surface area contributed by atoms with Crippen molar-refractivity contribution in [3.05, 3.63) is 141 Å². The van der Waals surface area contributed by atoms with Gasteiger partial charge in [-0.2, -0.15) is 0 Å². The number of hydrogen-bond acceptors (Lipinski definition) is 1. The van der Waals surface area contributed by atoms with Gasteiger partial charge in [-0.05, 0) is 46.5 Å². The Kier molecular flexibility index (Phi) is 7.42. The first kappa shape index (κ1) is 22.3. The molecule has 0 aliphatic heterocycles. The van der Waals surface area contributed by atoms with E-state index in [1.165, 1.54) is 0 Å². The molecule has 2 unspecified atom stereocenters. The van der Waals surface area contributed by atoms with Crippen LogP contribution in [0.5, 0.6) is 0 Å². The zero-order valence-electron chi connectivity index (χ0n) is 17.6. The van der Waals surface area contributed by atoms with Crippen molar-refractivity contribution in [2.45, 2.75) is 24.7 Å². The monoisotopic (exact) mass is 458 g/mol. The van der Waals surface area contributed by atoms with Crippen molar-refractivity contribution < 1.29 is 4.79 Å². The minimum absolute atomic E-state index is 0.0115. The molecule has 4 rings (SSSR count). The van der Waals surface area contributed by atoms with Gasteiger partial charge in [-0.3, -0.25) is 4.79 Å². The van der Waals surface area contributed by atoms with E-state index in [2.05, 4.69) is 24.3 Å². The number of hydrogen-bond donors (Lipinski definition) is 0. The molecule has 4 aromatic carbocycles. The first-order valence-corrected chi connectivity index (χ1v) is 11.5. The van der Waals surface area contributed by atoms with Crippen molar-refractivity contribution in [1.29, 1.82) is 0 Å². The molecule has 4 aromatic rings. The maximum atomic E-state index is 13.4. The molecule has 1 nitrogen and oxygen atoms in total. The number of benzene rings is 4. The van der Waals surface area contributed by atoms with Crippen LogP contribution in [0.1, 0.15) is 46.9 Å². The van der Waals surface area contributed by atoms with Gasteiger partial charge in [0.05, 0.1) is 0 Å². The van der Waals surface area contributed by atoms with E-state index in [-0.39, 0.29) is 17.6 Å². The molecule has 0 radical (unpaired) electrons. The van der Waals surface area contributed by atoms with Crippen molar-refractivity contribution in [2.75, 3.05) is 0 Å². The molecule has 0 aliphatic rings. The predicted molar refractivity (Wildman–Crippen MR) is 134 cm³/mol. The lowest BCUT2D eigenvalue weighted by Gasteiger charge is -2.21. The van der Waals surface area contributed by atoms with Crippen molar-refractivity contribution >= 4 is 29.0 Å². The molecule has 0 aromatic heterocycles. The number of halogens is 2. The fourth-order valence-electron chi connectivity index (χ4n) is 4.16. The summed E-state index contributed by atoms with van der Waals surface area (Å²) in [6.07, 6.45) is 0.866. The first-order valence-electron chi connectivity index (χ1n) is 10.7. The molecule has 0 aliphatic carbocycles. The average Bonchev–Trinajstić information content (AvgIpc) is 2.83. The minimum Gasteiger partial charge on any atom is -0.300 e. The van der Waals surface area contributed by atoms with Gasteiger partial charge in [0.2, 0.25) is 0 Å². The van der Waals surface area contributed by atoms with Crippen LogP contribution < -0.4 is 0 Å². The molecule has 0 spiro atoms. The maximum Gasteiger partial charge on any atom is 0.134 e. The maximum absolute atomic E-state index is 13.4. The van der Waals surface area contributed by atoms with E-state index in [0.29, 0.717) is 22.9 Å². The fraction of sp³-hybridized carbons (Fsp3) is 0.138. The van der Waals surface area contributed by atoms with Crippen molar-refractivity contribution in [1.82, 2.24) is 0 Å². The third-order valence-electron chi connectivity index (χ3n) is 5.81. The van der Waals surface area contributed by atoms with Crippen LogP contribution in [0.2, 0.25) is 10.0 Å². The molecule has 160 valence electrons. The molecule has 0 saturated heterocycles. The number of Topliss-reactive ketones (excluding diaryl/α,β-unsaturated/α-hetero) is 1. The molecule has 0 heterocycles. The highest BCUT2D eigenvalue weighted by Gasteiger charge is 2.23. The molecule has 0 N–H and O–H groups in total. The van der Waals surface area contributed by atoms with Gasteiger partial charge < -0.3 is 0 Å². The third-order valence-corrected chi connectivity index (χ3v) is 6.32. The van der Waals surface area contributed by atoms with Gasteiger partial charge in [0, 0.05) is 34.7 Å². The summed E-state index contributed by atoms with van der Waals surface area (Å²) in [6.45, 7) is 0. The zero-order chi connectivity index (χ0) is 22.3. The fourth-order valence-corrected chi connectivity index (χ4v) is 4.41. The molecule has 0 bridgehead atoms. The van der Waals surface area contributed by atoms with E-state index in [1.54, 1.807) is 0 Å². The Morgan fingerprint density at radius 2 is 0.812 bits per heavy atom.